The molecule has 26 heavy (non-hydrogen) atoms. The summed E-state index contributed by atoms with van der Waals surface area (Å²) in [5, 5.41) is 3.15. The second-order valence-corrected chi connectivity index (χ2v) is 9.56. The van der Waals surface area contributed by atoms with Gasteiger partial charge in [-0.1, -0.05) is 34.1 Å². The normalized spacial score (nSPS) is 18.5. The van der Waals surface area contributed by atoms with Gasteiger partial charge in [-0.2, -0.15) is 0 Å². The number of amides is 1. The van der Waals surface area contributed by atoms with E-state index >= 15 is 0 Å². The van der Waals surface area contributed by atoms with Crippen LogP contribution in [0.3, 0.4) is 0 Å². The molecule has 0 radical (unpaired) electrons. The van der Waals surface area contributed by atoms with E-state index in [0.717, 1.165) is 21.4 Å². The van der Waals surface area contributed by atoms with Gasteiger partial charge in [0.25, 0.3) is 0 Å². The molecule has 1 aliphatic heterocycles. The van der Waals surface area contributed by atoms with E-state index in [1.807, 2.05) is 55.5 Å². The Hall–Kier alpha value is -1.86. The first-order chi connectivity index (χ1) is 12.4. The highest BCUT2D eigenvalue weighted by molar-refractivity contribution is 9.10. The standard InChI is InChI=1S/C19H21BrN2O3S/c1-14-11-15(7-8-18(14)20)21-12-19(23)22(16-5-3-2-4-6-16)17-9-10-26(24,25)13-17/h2-8,11,17,21H,9-10,12-13H2,1H3. The Morgan fingerprint density at radius 3 is 2.58 bits per heavy atom. The number of carbonyl (C=O) groups is 1. The van der Waals surface area contributed by atoms with E-state index < -0.39 is 9.84 Å². The summed E-state index contributed by atoms with van der Waals surface area (Å²) in [6.07, 6.45) is 0.473. The number of anilines is 2. The SMILES string of the molecule is Cc1cc(NCC(=O)N(c2ccccc2)C2CCS(=O)(=O)C2)ccc1Br. The second-order valence-electron chi connectivity index (χ2n) is 6.47. The predicted molar refractivity (Wildman–Crippen MR) is 108 cm³/mol. The fraction of sp³-hybridized carbons (Fsp3) is 0.316. The topological polar surface area (TPSA) is 66.5 Å². The number of benzene rings is 2. The van der Waals surface area contributed by atoms with Crippen LogP contribution in [0.15, 0.2) is 53.0 Å². The summed E-state index contributed by atoms with van der Waals surface area (Å²) in [4.78, 5) is 14.6. The van der Waals surface area contributed by atoms with Gasteiger partial charge < -0.3 is 10.2 Å². The van der Waals surface area contributed by atoms with Gasteiger partial charge in [-0.15, -0.1) is 0 Å². The molecule has 138 valence electrons. The van der Waals surface area contributed by atoms with Gasteiger partial charge in [-0.25, -0.2) is 8.42 Å². The molecule has 0 spiro atoms. The van der Waals surface area contributed by atoms with Crippen molar-refractivity contribution in [1.82, 2.24) is 0 Å². The maximum Gasteiger partial charge on any atom is 0.246 e. The Kier molecular flexibility index (Phi) is 5.67. The van der Waals surface area contributed by atoms with Crippen LogP contribution >= 0.6 is 15.9 Å². The summed E-state index contributed by atoms with van der Waals surface area (Å²) >= 11 is 3.46. The second kappa shape index (κ2) is 7.80. The Balaban J connectivity index is 1.78. The fourth-order valence-corrected chi connectivity index (χ4v) is 5.09. The zero-order chi connectivity index (χ0) is 18.7. The molecule has 0 aromatic heterocycles. The third-order valence-electron chi connectivity index (χ3n) is 4.48. The minimum atomic E-state index is -3.08. The molecule has 2 aromatic rings. The van der Waals surface area contributed by atoms with Gasteiger partial charge in [0.2, 0.25) is 5.91 Å². The Bertz CT molecular complexity index is 900. The van der Waals surface area contributed by atoms with Crippen molar-refractivity contribution in [2.45, 2.75) is 19.4 Å². The lowest BCUT2D eigenvalue weighted by Crippen LogP contribution is -2.44. The molecule has 1 fully saturated rings. The molecule has 3 rings (SSSR count). The molecule has 1 amide bonds. The average molecular weight is 437 g/mol. The summed E-state index contributed by atoms with van der Waals surface area (Å²) < 4.78 is 24.8. The van der Waals surface area contributed by atoms with Crippen LogP contribution in [0.2, 0.25) is 0 Å². The van der Waals surface area contributed by atoms with Crippen LogP contribution in [-0.4, -0.2) is 38.4 Å². The van der Waals surface area contributed by atoms with E-state index in [4.69, 9.17) is 0 Å². The van der Waals surface area contributed by atoms with Crippen molar-refractivity contribution >= 4 is 43.0 Å². The number of rotatable bonds is 5. The monoisotopic (exact) mass is 436 g/mol. The summed E-state index contributed by atoms with van der Waals surface area (Å²) in [5.41, 5.74) is 2.66. The van der Waals surface area contributed by atoms with Crippen molar-refractivity contribution in [3.8, 4) is 0 Å². The van der Waals surface area contributed by atoms with Gasteiger partial charge in [0.15, 0.2) is 9.84 Å². The predicted octanol–water partition coefficient (Wildman–Crippen LogP) is 3.39. The summed E-state index contributed by atoms with van der Waals surface area (Å²) in [7, 11) is -3.08. The molecule has 7 heteroatoms. The maximum absolute atomic E-state index is 12.9. The lowest BCUT2D eigenvalue weighted by atomic mass is 10.1. The minimum absolute atomic E-state index is 0.0189. The number of nitrogens with zero attached hydrogens (tertiary/aromatic N) is 1. The fourth-order valence-electron chi connectivity index (χ4n) is 3.14. The van der Waals surface area contributed by atoms with Gasteiger partial charge >= 0.3 is 0 Å². The Morgan fingerprint density at radius 1 is 1.23 bits per heavy atom. The van der Waals surface area contributed by atoms with Crippen molar-refractivity contribution in [1.29, 1.82) is 0 Å². The zero-order valence-corrected chi connectivity index (χ0v) is 16.9. The summed E-state index contributed by atoms with van der Waals surface area (Å²) in [6, 6.07) is 14.7. The number of para-hydroxylation sites is 1. The number of aryl methyl sites for hydroxylation is 1. The quantitative estimate of drug-likeness (QED) is 0.779. The highest BCUT2D eigenvalue weighted by atomic mass is 79.9. The van der Waals surface area contributed by atoms with E-state index in [2.05, 4.69) is 21.2 Å². The van der Waals surface area contributed by atoms with Crippen LogP contribution < -0.4 is 10.2 Å². The largest absolute Gasteiger partial charge is 0.376 e. The van der Waals surface area contributed by atoms with Crippen LogP contribution in [0.4, 0.5) is 11.4 Å². The third kappa shape index (κ3) is 4.45. The van der Waals surface area contributed by atoms with Crippen molar-refractivity contribution in [2.24, 2.45) is 0 Å². The van der Waals surface area contributed by atoms with Crippen molar-refractivity contribution in [3.63, 3.8) is 0 Å². The molecule has 0 bridgehead atoms. The molecule has 1 N–H and O–H groups in total. The van der Waals surface area contributed by atoms with Crippen molar-refractivity contribution in [2.75, 3.05) is 28.3 Å². The molecule has 1 aliphatic rings. The van der Waals surface area contributed by atoms with Gasteiger partial charge in [0.1, 0.15) is 0 Å². The lowest BCUT2D eigenvalue weighted by Gasteiger charge is -2.28. The zero-order valence-electron chi connectivity index (χ0n) is 14.5. The smallest absolute Gasteiger partial charge is 0.246 e. The summed E-state index contributed by atoms with van der Waals surface area (Å²) in [6.45, 7) is 2.09. The van der Waals surface area contributed by atoms with Crippen LogP contribution in [-0.2, 0) is 14.6 Å². The van der Waals surface area contributed by atoms with Gasteiger partial charge in [0.05, 0.1) is 24.1 Å². The highest BCUT2D eigenvalue weighted by Crippen LogP contribution is 2.25. The van der Waals surface area contributed by atoms with Gasteiger partial charge in [-0.05, 0) is 49.2 Å². The molecule has 0 aliphatic carbocycles. The van der Waals surface area contributed by atoms with Crippen LogP contribution in [0, 0.1) is 6.92 Å². The van der Waals surface area contributed by atoms with Crippen LogP contribution in [0.25, 0.3) is 0 Å². The molecule has 0 saturated carbocycles. The van der Waals surface area contributed by atoms with E-state index in [1.165, 1.54) is 0 Å². The molecular weight excluding hydrogens is 416 g/mol. The number of hydrogen-bond donors (Lipinski definition) is 1. The van der Waals surface area contributed by atoms with Crippen molar-refractivity contribution in [3.05, 3.63) is 58.6 Å². The number of nitrogens with one attached hydrogen (secondary N) is 1. The molecule has 5 nitrogen and oxygen atoms in total. The van der Waals surface area contributed by atoms with Gasteiger partial charge in [-0.3, -0.25) is 4.79 Å². The number of carbonyl (C=O) groups excluding carboxylic acids is 1. The first kappa shape index (κ1) is 18.9. The van der Waals surface area contributed by atoms with Crippen molar-refractivity contribution < 1.29 is 13.2 Å². The minimum Gasteiger partial charge on any atom is -0.376 e. The molecule has 1 atom stereocenters. The Morgan fingerprint density at radius 2 is 1.96 bits per heavy atom. The number of halogens is 1. The first-order valence-electron chi connectivity index (χ1n) is 8.43. The average Bonchev–Trinajstić information content (AvgIpc) is 2.96. The number of sulfone groups is 1. The van der Waals surface area contributed by atoms with E-state index in [9.17, 15) is 13.2 Å². The van der Waals surface area contributed by atoms with Gasteiger partial charge in [0, 0.05) is 15.8 Å². The first-order valence-corrected chi connectivity index (χ1v) is 11.0. The number of hydrogen-bond acceptors (Lipinski definition) is 4. The van der Waals surface area contributed by atoms with E-state index in [1.54, 1.807) is 4.90 Å². The summed E-state index contributed by atoms with van der Waals surface area (Å²) in [5.74, 6) is 0.0115. The molecule has 1 saturated heterocycles. The molecular formula is C19H21BrN2O3S. The Labute approximate surface area is 162 Å². The maximum atomic E-state index is 12.9. The third-order valence-corrected chi connectivity index (χ3v) is 7.12. The van der Waals surface area contributed by atoms with Crippen LogP contribution in [0.1, 0.15) is 12.0 Å². The lowest BCUT2D eigenvalue weighted by molar-refractivity contribution is -0.117. The molecule has 1 unspecified atom stereocenters. The highest BCUT2D eigenvalue weighted by Gasteiger charge is 2.35. The molecule has 1 heterocycles. The van der Waals surface area contributed by atoms with E-state index in [-0.39, 0.29) is 30.0 Å². The van der Waals surface area contributed by atoms with E-state index in [0.29, 0.717) is 6.42 Å². The van der Waals surface area contributed by atoms with Crippen LogP contribution in [0.5, 0.6) is 0 Å². The molecule has 2 aromatic carbocycles.